The first kappa shape index (κ1) is 15.5. The maximum absolute atomic E-state index is 12.4. The van der Waals surface area contributed by atoms with Crippen molar-refractivity contribution in [3.05, 3.63) is 51.7 Å². The van der Waals surface area contributed by atoms with Gasteiger partial charge in [0, 0.05) is 37.6 Å². The van der Waals surface area contributed by atoms with Crippen LogP contribution < -0.4 is 5.56 Å². The summed E-state index contributed by atoms with van der Waals surface area (Å²) in [5.74, 6) is 0.540. The molecule has 1 saturated heterocycles. The molecule has 1 amide bonds. The summed E-state index contributed by atoms with van der Waals surface area (Å²) in [5.41, 5.74) is 2.59. The number of aryl methyl sites for hydroxylation is 2. The predicted molar refractivity (Wildman–Crippen MR) is 87.4 cm³/mol. The molecule has 0 aromatic carbocycles. The van der Waals surface area contributed by atoms with Crippen molar-refractivity contribution >= 4 is 5.91 Å². The number of rotatable bonds is 3. The molecule has 3 heterocycles. The van der Waals surface area contributed by atoms with E-state index >= 15 is 0 Å². The molecule has 0 aliphatic carbocycles. The van der Waals surface area contributed by atoms with Crippen LogP contribution in [0.1, 0.15) is 34.6 Å². The predicted octanol–water partition coefficient (Wildman–Crippen LogP) is 1.74. The molecule has 6 nitrogen and oxygen atoms in total. The zero-order chi connectivity index (χ0) is 16.4. The highest BCUT2D eigenvalue weighted by atomic mass is 16.2. The lowest BCUT2D eigenvalue weighted by Crippen LogP contribution is -2.39. The van der Waals surface area contributed by atoms with Crippen molar-refractivity contribution in [3.63, 3.8) is 0 Å². The van der Waals surface area contributed by atoms with E-state index in [1.165, 1.54) is 18.0 Å². The molecule has 122 valence electrons. The molecule has 1 N–H and O–H groups in total. The number of piperidine rings is 1. The molecule has 0 bridgehead atoms. The Labute approximate surface area is 135 Å². The van der Waals surface area contributed by atoms with E-state index in [1.807, 2.05) is 11.8 Å². The Morgan fingerprint density at radius 3 is 2.61 bits per heavy atom. The summed E-state index contributed by atoms with van der Waals surface area (Å²) in [6.07, 6.45) is 3.45. The standard InChI is InChI=1S/C17H22N4O2/c1-12-9-13(2)21(19-12)11-14-5-7-20(8-6-14)17(23)15-3-4-16(22)18-10-15/h3-4,9-10,14H,5-8,11H2,1-2H3,(H,18,22). The van der Waals surface area contributed by atoms with Gasteiger partial charge in [0.15, 0.2) is 0 Å². The van der Waals surface area contributed by atoms with Gasteiger partial charge in [-0.15, -0.1) is 0 Å². The van der Waals surface area contributed by atoms with Crippen molar-refractivity contribution in [1.29, 1.82) is 0 Å². The van der Waals surface area contributed by atoms with E-state index in [0.717, 1.165) is 38.2 Å². The van der Waals surface area contributed by atoms with Gasteiger partial charge in [0.25, 0.3) is 5.91 Å². The molecule has 6 heteroatoms. The number of carbonyl (C=O) groups excluding carboxylic acids is 1. The third kappa shape index (κ3) is 3.52. The van der Waals surface area contributed by atoms with Gasteiger partial charge >= 0.3 is 0 Å². The van der Waals surface area contributed by atoms with Crippen LogP contribution in [-0.2, 0) is 6.54 Å². The number of nitrogens with zero attached hydrogens (tertiary/aromatic N) is 3. The van der Waals surface area contributed by atoms with Crippen LogP contribution in [0.4, 0.5) is 0 Å². The summed E-state index contributed by atoms with van der Waals surface area (Å²) in [7, 11) is 0. The number of hydrogen-bond acceptors (Lipinski definition) is 3. The Morgan fingerprint density at radius 1 is 1.30 bits per heavy atom. The SMILES string of the molecule is Cc1cc(C)n(CC2CCN(C(=O)c3ccc(=O)[nH]c3)CC2)n1. The van der Waals surface area contributed by atoms with Crippen LogP contribution in [0, 0.1) is 19.8 Å². The van der Waals surface area contributed by atoms with Crippen LogP contribution in [0.5, 0.6) is 0 Å². The highest BCUT2D eigenvalue weighted by Crippen LogP contribution is 2.21. The molecule has 0 radical (unpaired) electrons. The zero-order valence-corrected chi connectivity index (χ0v) is 13.6. The third-order valence-electron chi connectivity index (χ3n) is 4.47. The normalized spacial score (nSPS) is 15.8. The minimum atomic E-state index is -0.190. The summed E-state index contributed by atoms with van der Waals surface area (Å²) >= 11 is 0. The number of H-pyrrole nitrogens is 1. The summed E-state index contributed by atoms with van der Waals surface area (Å²) in [4.78, 5) is 27.9. The Hall–Kier alpha value is -2.37. The van der Waals surface area contributed by atoms with E-state index in [4.69, 9.17) is 0 Å². The number of aromatic amines is 1. The van der Waals surface area contributed by atoms with Crippen molar-refractivity contribution in [1.82, 2.24) is 19.7 Å². The van der Waals surface area contributed by atoms with Crippen molar-refractivity contribution in [2.45, 2.75) is 33.2 Å². The Morgan fingerprint density at radius 2 is 2.04 bits per heavy atom. The van der Waals surface area contributed by atoms with Crippen molar-refractivity contribution in [2.24, 2.45) is 5.92 Å². The van der Waals surface area contributed by atoms with Crippen LogP contribution in [0.3, 0.4) is 0 Å². The van der Waals surface area contributed by atoms with Gasteiger partial charge in [-0.1, -0.05) is 0 Å². The maximum Gasteiger partial charge on any atom is 0.255 e. The molecular weight excluding hydrogens is 292 g/mol. The number of aromatic nitrogens is 3. The summed E-state index contributed by atoms with van der Waals surface area (Å²) in [6, 6.07) is 5.07. The first-order chi connectivity index (χ1) is 11.0. The van der Waals surface area contributed by atoms with E-state index in [-0.39, 0.29) is 11.5 Å². The van der Waals surface area contributed by atoms with E-state index in [1.54, 1.807) is 6.07 Å². The fraction of sp³-hybridized carbons (Fsp3) is 0.471. The van der Waals surface area contributed by atoms with Gasteiger partial charge in [-0.2, -0.15) is 5.10 Å². The maximum atomic E-state index is 12.4. The lowest BCUT2D eigenvalue weighted by atomic mass is 9.96. The smallest absolute Gasteiger partial charge is 0.255 e. The van der Waals surface area contributed by atoms with E-state index in [9.17, 15) is 9.59 Å². The fourth-order valence-electron chi connectivity index (χ4n) is 3.15. The number of likely N-dealkylation sites (tertiary alicyclic amines) is 1. The van der Waals surface area contributed by atoms with E-state index in [0.29, 0.717) is 11.5 Å². The molecular formula is C17H22N4O2. The average molecular weight is 314 g/mol. The van der Waals surface area contributed by atoms with Gasteiger partial charge in [-0.25, -0.2) is 0 Å². The largest absolute Gasteiger partial charge is 0.339 e. The molecule has 2 aromatic heterocycles. The molecule has 0 spiro atoms. The van der Waals surface area contributed by atoms with Crippen LogP contribution in [-0.4, -0.2) is 38.7 Å². The number of carbonyl (C=O) groups is 1. The summed E-state index contributed by atoms with van der Waals surface area (Å²) < 4.78 is 2.07. The highest BCUT2D eigenvalue weighted by molar-refractivity contribution is 5.93. The van der Waals surface area contributed by atoms with E-state index in [2.05, 4.69) is 27.8 Å². The molecule has 1 aliphatic heterocycles. The third-order valence-corrected chi connectivity index (χ3v) is 4.47. The first-order valence-corrected chi connectivity index (χ1v) is 8.02. The van der Waals surface area contributed by atoms with Gasteiger partial charge in [0.1, 0.15) is 0 Å². The van der Waals surface area contributed by atoms with Crippen LogP contribution in [0.25, 0.3) is 0 Å². The number of hydrogen-bond donors (Lipinski definition) is 1. The topological polar surface area (TPSA) is 71.0 Å². The Kier molecular flexibility index (Phi) is 4.32. The molecule has 1 aliphatic rings. The Bertz CT molecular complexity index is 734. The van der Waals surface area contributed by atoms with Crippen LogP contribution >= 0.6 is 0 Å². The molecule has 0 unspecified atom stereocenters. The Balaban J connectivity index is 1.57. The van der Waals surface area contributed by atoms with Crippen LogP contribution in [0.15, 0.2) is 29.2 Å². The molecule has 3 rings (SSSR count). The quantitative estimate of drug-likeness (QED) is 0.938. The number of amides is 1. The monoisotopic (exact) mass is 314 g/mol. The first-order valence-electron chi connectivity index (χ1n) is 8.02. The second-order valence-electron chi connectivity index (χ2n) is 6.29. The van der Waals surface area contributed by atoms with Gasteiger partial charge in [-0.3, -0.25) is 14.3 Å². The summed E-state index contributed by atoms with van der Waals surface area (Å²) in [6.45, 7) is 6.51. The second-order valence-corrected chi connectivity index (χ2v) is 6.29. The second kappa shape index (κ2) is 6.40. The molecule has 0 saturated carbocycles. The minimum absolute atomic E-state index is 0.00851. The van der Waals surface area contributed by atoms with Gasteiger partial charge in [0.2, 0.25) is 5.56 Å². The van der Waals surface area contributed by atoms with Gasteiger partial charge < -0.3 is 9.88 Å². The minimum Gasteiger partial charge on any atom is -0.339 e. The van der Waals surface area contributed by atoms with Gasteiger partial charge in [0.05, 0.1) is 11.3 Å². The highest BCUT2D eigenvalue weighted by Gasteiger charge is 2.24. The van der Waals surface area contributed by atoms with Gasteiger partial charge in [-0.05, 0) is 44.7 Å². The van der Waals surface area contributed by atoms with Crippen LogP contribution in [0.2, 0.25) is 0 Å². The molecule has 2 aromatic rings. The molecule has 23 heavy (non-hydrogen) atoms. The van der Waals surface area contributed by atoms with Crippen molar-refractivity contribution in [3.8, 4) is 0 Å². The van der Waals surface area contributed by atoms with Crippen molar-refractivity contribution in [2.75, 3.05) is 13.1 Å². The summed E-state index contributed by atoms with van der Waals surface area (Å²) in [5, 5.41) is 4.52. The molecule has 1 fully saturated rings. The fourth-order valence-corrected chi connectivity index (χ4v) is 3.15. The average Bonchev–Trinajstić information content (AvgIpc) is 2.86. The molecule has 0 atom stereocenters. The van der Waals surface area contributed by atoms with E-state index < -0.39 is 0 Å². The number of nitrogens with one attached hydrogen (secondary N) is 1. The van der Waals surface area contributed by atoms with Crippen molar-refractivity contribution < 1.29 is 4.79 Å². The lowest BCUT2D eigenvalue weighted by Gasteiger charge is -2.32. The zero-order valence-electron chi connectivity index (χ0n) is 13.6. The number of pyridine rings is 1. The lowest BCUT2D eigenvalue weighted by molar-refractivity contribution is 0.0680.